The molecule has 1 N–H and O–H groups in total. The molecule has 0 saturated heterocycles. The van der Waals surface area contributed by atoms with Gasteiger partial charge in [0.05, 0.1) is 19.6 Å². The molecule has 8 heteroatoms. The molecule has 0 fully saturated rings. The lowest BCUT2D eigenvalue weighted by atomic mass is 10.0. The maximum absolute atomic E-state index is 12.3. The predicted octanol–water partition coefficient (Wildman–Crippen LogP) is 7.93. The van der Waals surface area contributed by atoms with E-state index in [1.165, 1.54) is 89.9 Å². The van der Waals surface area contributed by atoms with E-state index in [0.717, 1.165) is 24.2 Å². The summed E-state index contributed by atoms with van der Waals surface area (Å²) in [6, 6.07) is 5.47. The van der Waals surface area contributed by atoms with Crippen molar-refractivity contribution in [1.29, 1.82) is 0 Å². The molecule has 1 aromatic rings. The number of benzene rings is 1. The fraction of sp³-hybridized carbons (Fsp3) is 0.771. The molecule has 1 rings (SSSR count). The third-order valence-corrected chi connectivity index (χ3v) is 7.55. The fourth-order valence-electron chi connectivity index (χ4n) is 4.84. The zero-order valence-electron chi connectivity index (χ0n) is 27.9. The van der Waals surface area contributed by atoms with Gasteiger partial charge in [-0.2, -0.15) is 4.90 Å². The number of aryl methyl sites for hydroxylation is 1. The van der Waals surface area contributed by atoms with Gasteiger partial charge in [0.2, 0.25) is 0 Å². The smallest absolute Gasteiger partial charge is 0.411 e. The molecule has 0 aromatic heterocycles. The van der Waals surface area contributed by atoms with Crippen LogP contribution in [0.25, 0.3) is 0 Å². The molecule has 0 saturated carbocycles. The normalized spacial score (nSPS) is 11.2. The number of hydrogen-bond acceptors (Lipinski definition) is 7. The monoisotopic (exact) mass is 606 g/mol. The van der Waals surface area contributed by atoms with Crippen LogP contribution in [0, 0.1) is 6.92 Å². The average Bonchev–Trinajstić information content (AvgIpc) is 2.99. The minimum atomic E-state index is -0.543. The van der Waals surface area contributed by atoms with Crippen molar-refractivity contribution in [2.45, 2.75) is 117 Å². The maximum atomic E-state index is 12.3. The van der Waals surface area contributed by atoms with Crippen LogP contribution in [0.2, 0.25) is 0 Å². The molecule has 247 valence electrons. The first-order chi connectivity index (χ1) is 21.0. The zero-order valence-corrected chi connectivity index (χ0v) is 27.9. The topological polar surface area (TPSA) is 89.0 Å². The summed E-state index contributed by atoms with van der Waals surface area (Å²) in [5.74, 6) is -0.334. The molecule has 8 nitrogen and oxygen atoms in total. The largest absolute Gasteiger partial charge is 0.463 e. The summed E-state index contributed by atoms with van der Waals surface area (Å²) in [4.78, 5) is 26.6. The minimum Gasteiger partial charge on any atom is -0.463 e. The molecule has 43 heavy (non-hydrogen) atoms. The van der Waals surface area contributed by atoms with E-state index in [2.05, 4.69) is 24.2 Å². The molecule has 0 aliphatic rings. The van der Waals surface area contributed by atoms with Gasteiger partial charge in [0.15, 0.2) is 0 Å². The van der Waals surface area contributed by atoms with Gasteiger partial charge in [0, 0.05) is 18.7 Å². The highest BCUT2D eigenvalue weighted by Crippen LogP contribution is 2.18. The quantitative estimate of drug-likeness (QED) is 0.0592. The van der Waals surface area contributed by atoms with E-state index >= 15 is 0 Å². The van der Waals surface area contributed by atoms with Crippen molar-refractivity contribution in [3.63, 3.8) is 0 Å². The first-order valence-corrected chi connectivity index (χ1v) is 17.0. The van der Waals surface area contributed by atoms with Crippen LogP contribution in [0.3, 0.4) is 0 Å². The summed E-state index contributed by atoms with van der Waals surface area (Å²) in [7, 11) is 2.13. The molecule has 0 spiro atoms. The summed E-state index contributed by atoms with van der Waals surface area (Å²) in [6.07, 6.45) is 18.9. The van der Waals surface area contributed by atoms with Gasteiger partial charge in [0.25, 0.3) is 0 Å². The lowest BCUT2D eigenvalue weighted by Gasteiger charge is -2.12. The highest BCUT2D eigenvalue weighted by atomic mass is 16.6. The number of ether oxygens (including phenoxy) is 4. The van der Waals surface area contributed by atoms with Crippen molar-refractivity contribution in [1.82, 2.24) is 4.90 Å². The Morgan fingerprint density at radius 2 is 1.28 bits per heavy atom. The number of carbonyl (C=O) groups is 2. The lowest BCUT2D eigenvalue weighted by molar-refractivity contribution is -0.144. The summed E-state index contributed by atoms with van der Waals surface area (Å²) in [6.45, 7) is 10.4. The standard InChI is InChI=1S/C35H62N2O6/c1-5-7-8-9-10-11-12-13-14-15-16-17-18-19-22-37(4)23-24-41-26-28-43-35(39)36-33-29-32(21-20-31(33)3)30-34(38)42-27-25-40-6-2/h20-21,29H,5-19,22-28,30H2,1-4H3,(H,36,39)/q+1. The second-order valence-electron chi connectivity index (χ2n) is 11.5. The molecule has 1 radical (unpaired) electrons. The van der Waals surface area contributed by atoms with Crippen LogP contribution in [-0.2, 0) is 30.2 Å². The van der Waals surface area contributed by atoms with Crippen LogP contribution in [0.1, 0.15) is 115 Å². The Kier molecular flexibility index (Phi) is 24.8. The number of nitrogens with zero attached hydrogens (tertiary/aromatic N) is 1. The summed E-state index contributed by atoms with van der Waals surface area (Å²) >= 11 is 0. The van der Waals surface area contributed by atoms with Crippen molar-refractivity contribution >= 4 is 17.7 Å². The third kappa shape index (κ3) is 23.0. The van der Waals surface area contributed by atoms with Crippen LogP contribution in [0.4, 0.5) is 10.5 Å². The van der Waals surface area contributed by atoms with Gasteiger partial charge in [-0.05, 0) is 37.5 Å². The van der Waals surface area contributed by atoms with E-state index in [1.807, 2.05) is 26.0 Å². The van der Waals surface area contributed by atoms with E-state index in [-0.39, 0.29) is 25.6 Å². The molecule has 0 atom stereocenters. The number of likely N-dealkylation sites (N-methyl/N-ethyl adjacent to an activating group) is 1. The van der Waals surface area contributed by atoms with Crippen LogP contribution in [0.15, 0.2) is 18.2 Å². The van der Waals surface area contributed by atoms with Crippen LogP contribution in [-0.4, -0.2) is 71.8 Å². The van der Waals surface area contributed by atoms with Gasteiger partial charge in [-0.15, -0.1) is 0 Å². The SMILES string of the molecule is CCCCCCCCCCCCCCCC[N+](C)CCOCCOC(=O)Nc1cc(CC(=O)OCCOCC)ccc1C. The van der Waals surface area contributed by atoms with Gasteiger partial charge in [-0.1, -0.05) is 96.1 Å². The molecule has 0 aliphatic heterocycles. The summed E-state index contributed by atoms with van der Waals surface area (Å²) in [5.41, 5.74) is 2.24. The van der Waals surface area contributed by atoms with Gasteiger partial charge < -0.3 is 18.9 Å². The third-order valence-electron chi connectivity index (χ3n) is 7.55. The van der Waals surface area contributed by atoms with Crippen molar-refractivity contribution in [3.8, 4) is 0 Å². The number of nitrogens with one attached hydrogen (secondary N) is 1. The number of rotatable bonds is 28. The molecule has 0 bridgehead atoms. The van der Waals surface area contributed by atoms with Crippen LogP contribution < -0.4 is 10.2 Å². The Balaban J connectivity index is 2.01. The molecule has 0 unspecified atom stereocenters. The number of esters is 1. The first-order valence-electron chi connectivity index (χ1n) is 17.0. The average molecular weight is 607 g/mol. The van der Waals surface area contributed by atoms with Gasteiger partial charge in [-0.25, -0.2) is 4.79 Å². The van der Waals surface area contributed by atoms with E-state index in [0.29, 0.717) is 32.1 Å². The Labute approximate surface area is 262 Å². The molecule has 0 heterocycles. The van der Waals surface area contributed by atoms with Gasteiger partial charge in [0.1, 0.15) is 40.0 Å². The Morgan fingerprint density at radius 3 is 1.91 bits per heavy atom. The van der Waals surface area contributed by atoms with Crippen molar-refractivity contribution in [2.75, 3.05) is 65.1 Å². The second-order valence-corrected chi connectivity index (χ2v) is 11.5. The zero-order chi connectivity index (χ0) is 31.4. The highest BCUT2D eigenvalue weighted by molar-refractivity contribution is 5.86. The number of carbonyl (C=O) groups excluding carboxylic acids is 2. The molecule has 0 aliphatic carbocycles. The lowest BCUT2D eigenvalue weighted by Crippen LogP contribution is -2.30. The predicted molar refractivity (Wildman–Crippen MR) is 176 cm³/mol. The van der Waals surface area contributed by atoms with E-state index in [1.54, 1.807) is 6.07 Å². The Hall–Kier alpha value is -2.16. The Bertz CT molecular complexity index is 835. The number of hydrogen-bond donors (Lipinski definition) is 1. The maximum Gasteiger partial charge on any atom is 0.411 e. The van der Waals surface area contributed by atoms with Gasteiger partial charge in [-0.3, -0.25) is 10.1 Å². The van der Waals surface area contributed by atoms with E-state index < -0.39 is 6.09 Å². The van der Waals surface area contributed by atoms with E-state index in [9.17, 15) is 9.59 Å². The molecular weight excluding hydrogens is 544 g/mol. The van der Waals surface area contributed by atoms with Crippen molar-refractivity contribution in [3.05, 3.63) is 29.3 Å². The molecule has 1 aromatic carbocycles. The molecular formula is C35H62N2O6+. The number of amides is 1. The number of unbranched alkanes of at least 4 members (excludes halogenated alkanes) is 13. The van der Waals surface area contributed by atoms with Crippen LogP contribution in [0.5, 0.6) is 0 Å². The minimum absolute atomic E-state index is 0.123. The summed E-state index contributed by atoms with van der Waals surface area (Å²) in [5, 5.41) is 2.76. The number of anilines is 1. The van der Waals surface area contributed by atoms with Crippen LogP contribution >= 0.6 is 0 Å². The molecule has 1 amide bonds. The van der Waals surface area contributed by atoms with Gasteiger partial charge >= 0.3 is 12.1 Å². The second kappa shape index (κ2) is 27.4. The van der Waals surface area contributed by atoms with E-state index in [4.69, 9.17) is 18.9 Å². The highest BCUT2D eigenvalue weighted by Gasteiger charge is 2.11. The van der Waals surface area contributed by atoms with Crippen molar-refractivity contribution < 1.29 is 28.5 Å². The summed E-state index contributed by atoms with van der Waals surface area (Å²) < 4.78 is 21.3. The fourth-order valence-corrected chi connectivity index (χ4v) is 4.84. The Morgan fingerprint density at radius 1 is 0.698 bits per heavy atom. The van der Waals surface area contributed by atoms with Crippen molar-refractivity contribution in [2.24, 2.45) is 0 Å². The first kappa shape index (κ1) is 38.9.